The number of nitrogens with two attached hydrogens (primary N) is 1. The number of rotatable bonds is 6. The number of imidazole rings is 1. The molecule has 0 spiro atoms. The molecule has 0 aliphatic heterocycles. The van der Waals surface area contributed by atoms with E-state index >= 15 is 0 Å². The second-order valence-electron chi connectivity index (χ2n) is 3.43. The Labute approximate surface area is 95.4 Å². The minimum Gasteiger partial charge on any atom is -0.409 e. The zero-order chi connectivity index (χ0) is 12.0. The summed E-state index contributed by atoms with van der Waals surface area (Å²) in [5.41, 5.74) is 5.45. The molecule has 90 valence electrons. The van der Waals surface area contributed by atoms with E-state index in [9.17, 15) is 0 Å². The monoisotopic (exact) mass is 225 g/mol. The summed E-state index contributed by atoms with van der Waals surface area (Å²) in [6, 6.07) is 0. The molecule has 0 saturated heterocycles. The first-order valence-corrected chi connectivity index (χ1v) is 5.45. The molecule has 1 rings (SSSR count). The van der Waals surface area contributed by atoms with Gasteiger partial charge in [-0.15, -0.1) is 0 Å². The molecule has 3 N–H and O–H groups in total. The van der Waals surface area contributed by atoms with Crippen molar-refractivity contribution in [2.24, 2.45) is 10.9 Å². The van der Waals surface area contributed by atoms with Crippen molar-refractivity contribution < 1.29 is 5.21 Å². The molecule has 0 aliphatic carbocycles. The van der Waals surface area contributed by atoms with Gasteiger partial charge in [-0.2, -0.15) is 0 Å². The molecule has 0 aromatic carbocycles. The SMILES string of the molecule is CCN(CCC(N)=NO)c1nccn1CC. The second-order valence-corrected chi connectivity index (χ2v) is 3.43. The van der Waals surface area contributed by atoms with E-state index in [4.69, 9.17) is 10.9 Å². The number of aryl methyl sites for hydroxylation is 1. The van der Waals surface area contributed by atoms with Crippen molar-refractivity contribution >= 4 is 11.8 Å². The molecule has 0 saturated carbocycles. The van der Waals surface area contributed by atoms with E-state index in [-0.39, 0.29) is 5.84 Å². The molecule has 0 amide bonds. The molecule has 1 heterocycles. The van der Waals surface area contributed by atoms with Crippen LogP contribution in [0.4, 0.5) is 5.95 Å². The summed E-state index contributed by atoms with van der Waals surface area (Å²) >= 11 is 0. The maximum absolute atomic E-state index is 8.48. The van der Waals surface area contributed by atoms with Gasteiger partial charge in [0.2, 0.25) is 5.95 Å². The highest BCUT2D eigenvalue weighted by molar-refractivity contribution is 5.80. The Balaban J connectivity index is 2.67. The number of oxime groups is 1. The van der Waals surface area contributed by atoms with Gasteiger partial charge in [0.15, 0.2) is 0 Å². The number of hydrogen-bond acceptors (Lipinski definition) is 4. The number of aromatic nitrogens is 2. The van der Waals surface area contributed by atoms with Gasteiger partial charge in [0.1, 0.15) is 5.84 Å². The van der Waals surface area contributed by atoms with Crippen LogP contribution < -0.4 is 10.6 Å². The summed E-state index contributed by atoms with van der Waals surface area (Å²) in [5, 5.41) is 11.4. The van der Waals surface area contributed by atoms with Gasteiger partial charge in [0.25, 0.3) is 0 Å². The summed E-state index contributed by atoms with van der Waals surface area (Å²) in [6.45, 7) is 6.55. The molecule has 0 aliphatic rings. The van der Waals surface area contributed by atoms with Crippen LogP contribution in [0.1, 0.15) is 20.3 Å². The van der Waals surface area contributed by atoms with Crippen LogP contribution in [0.2, 0.25) is 0 Å². The average molecular weight is 225 g/mol. The van der Waals surface area contributed by atoms with Crippen molar-refractivity contribution in [1.29, 1.82) is 0 Å². The Morgan fingerprint density at radius 3 is 2.94 bits per heavy atom. The normalized spacial score (nSPS) is 11.8. The summed E-state index contributed by atoms with van der Waals surface area (Å²) in [7, 11) is 0. The maximum Gasteiger partial charge on any atom is 0.205 e. The lowest BCUT2D eigenvalue weighted by Crippen LogP contribution is -2.30. The van der Waals surface area contributed by atoms with Crippen LogP contribution in [0.5, 0.6) is 0 Å². The molecule has 0 radical (unpaired) electrons. The molecule has 0 atom stereocenters. The second kappa shape index (κ2) is 5.99. The van der Waals surface area contributed by atoms with Gasteiger partial charge in [0.05, 0.1) is 0 Å². The molecule has 1 aromatic rings. The van der Waals surface area contributed by atoms with E-state index in [1.54, 1.807) is 6.20 Å². The molecule has 0 bridgehead atoms. The van der Waals surface area contributed by atoms with Crippen molar-refractivity contribution in [1.82, 2.24) is 9.55 Å². The van der Waals surface area contributed by atoms with Crippen LogP contribution in [0.25, 0.3) is 0 Å². The van der Waals surface area contributed by atoms with Gasteiger partial charge in [-0.05, 0) is 13.8 Å². The van der Waals surface area contributed by atoms with Gasteiger partial charge in [-0.25, -0.2) is 4.98 Å². The Morgan fingerprint density at radius 1 is 1.62 bits per heavy atom. The highest BCUT2D eigenvalue weighted by atomic mass is 16.4. The average Bonchev–Trinajstić information content (AvgIpc) is 2.77. The van der Waals surface area contributed by atoms with Crippen molar-refractivity contribution in [3.63, 3.8) is 0 Å². The fraction of sp³-hybridized carbons (Fsp3) is 0.600. The highest BCUT2D eigenvalue weighted by Gasteiger charge is 2.10. The third-order valence-electron chi connectivity index (χ3n) is 2.47. The third-order valence-corrected chi connectivity index (χ3v) is 2.47. The molecule has 6 nitrogen and oxygen atoms in total. The minimum atomic E-state index is 0.244. The van der Waals surface area contributed by atoms with Crippen LogP contribution in [0.15, 0.2) is 17.5 Å². The van der Waals surface area contributed by atoms with Gasteiger partial charge in [0, 0.05) is 38.4 Å². The van der Waals surface area contributed by atoms with E-state index < -0.39 is 0 Å². The molecule has 0 fully saturated rings. The van der Waals surface area contributed by atoms with Crippen molar-refractivity contribution in [3.8, 4) is 0 Å². The first kappa shape index (κ1) is 12.4. The first-order chi connectivity index (χ1) is 7.72. The lowest BCUT2D eigenvalue weighted by molar-refractivity contribution is 0.317. The van der Waals surface area contributed by atoms with Crippen LogP contribution in [0.3, 0.4) is 0 Å². The van der Waals surface area contributed by atoms with Gasteiger partial charge in [-0.3, -0.25) is 0 Å². The van der Waals surface area contributed by atoms with Gasteiger partial charge in [-0.1, -0.05) is 5.16 Å². The lowest BCUT2D eigenvalue weighted by atomic mass is 10.3. The standard InChI is InChI=1S/C10H19N5O/c1-3-14(7-5-9(11)13-16)10-12-6-8-15(10)4-2/h6,8,16H,3-5,7H2,1-2H3,(H2,11,13). The lowest BCUT2D eigenvalue weighted by Gasteiger charge is -2.22. The van der Waals surface area contributed by atoms with E-state index in [1.165, 1.54) is 0 Å². The zero-order valence-electron chi connectivity index (χ0n) is 9.80. The van der Waals surface area contributed by atoms with Crippen LogP contribution in [0, 0.1) is 0 Å². The minimum absolute atomic E-state index is 0.244. The van der Waals surface area contributed by atoms with Crippen molar-refractivity contribution in [2.45, 2.75) is 26.8 Å². The number of nitrogens with zero attached hydrogens (tertiary/aromatic N) is 4. The quantitative estimate of drug-likeness (QED) is 0.326. The fourth-order valence-electron chi connectivity index (χ4n) is 1.53. The fourth-order valence-corrected chi connectivity index (χ4v) is 1.53. The molecular formula is C10H19N5O. The Kier molecular flexibility index (Phi) is 4.63. The Morgan fingerprint density at radius 2 is 2.38 bits per heavy atom. The Hall–Kier alpha value is -1.72. The van der Waals surface area contributed by atoms with Gasteiger partial charge >= 0.3 is 0 Å². The number of hydrogen-bond donors (Lipinski definition) is 2. The molecular weight excluding hydrogens is 206 g/mol. The van der Waals surface area contributed by atoms with Crippen LogP contribution >= 0.6 is 0 Å². The topological polar surface area (TPSA) is 79.7 Å². The van der Waals surface area contributed by atoms with E-state index in [1.807, 2.05) is 6.20 Å². The smallest absolute Gasteiger partial charge is 0.205 e. The van der Waals surface area contributed by atoms with Crippen molar-refractivity contribution in [3.05, 3.63) is 12.4 Å². The third kappa shape index (κ3) is 2.88. The maximum atomic E-state index is 8.48. The molecule has 16 heavy (non-hydrogen) atoms. The molecule has 0 unspecified atom stereocenters. The van der Waals surface area contributed by atoms with Crippen LogP contribution in [-0.2, 0) is 6.54 Å². The van der Waals surface area contributed by atoms with E-state index in [0.29, 0.717) is 13.0 Å². The molecule has 6 heteroatoms. The number of anilines is 1. The first-order valence-electron chi connectivity index (χ1n) is 5.45. The summed E-state index contributed by atoms with van der Waals surface area (Å²) in [5.74, 6) is 1.17. The van der Waals surface area contributed by atoms with E-state index in [2.05, 4.69) is 33.5 Å². The van der Waals surface area contributed by atoms with Crippen molar-refractivity contribution in [2.75, 3.05) is 18.0 Å². The summed E-state index contributed by atoms with van der Waals surface area (Å²) in [4.78, 5) is 6.41. The highest BCUT2D eigenvalue weighted by Crippen LogP contribution is 2.11. The Bertz CT molecular complexity index is 347. The zero-order valence-corrected chi connectivity index (χ0v) is 9.80. The molecule has 1 aromatic heterocycles. The summed E-state index contributed by atoms with van der Waals surface area (Å²) < 4.78 is 2.07. The summed E-state index contributed by atoms with van der Waals surface area (Å²) in [6.07, 6.45) is 4.26. The predicted octanol–water partition coefficient (Wildman–Crippen LogP) is 0.866. The van der Waals surface area contributed by atoms with E-state index in [0.717, 1.165) is 19.0 Å². The van der Waals surface area contributed by atoms with Crippen LogP contribution in [-0.4, -0.2) is 33.7 Å². The van der Waals surface area contributed by atoms with Gasteiger partial charge < -0.3 is 20.4 Å². The number of amidine groups is 1. The predicted molar refractivity (Wildman–Crippen MR) is 63.8 cm³/mol. The largest absolute Gasteiger partial charge is 0.409 e.